The molecule has 14 heavy (non-hydrogen) atoms. The lowest BCUT2D eigenvalue weighted by atomic mass is 10.3. The summed E-state index contributed by atoms with van der Waals surface area (Å²) < 4.78 is 5.99. The predicted molar refractivity (Wildman–Crippen MR) is 54.0 cm³/mol. The molecule has 78 valence electrons. The molecule has 5 heteroatoms. The van der Waals surface area contributed by atoms with Gasteiger partial charge in [0.1, 0.15) is 5.02 Å². The van der Waals surface area contributed by atoms with E-state index in [4.69, 9.17) is 16.3 Å². The predicted octanol–water partition coefficient (Wildman–Crippen LogP) is 1.16. The zero-order valence-corrected chi connectivity index (χ0v) is 8.84. The Labute approximate surface area is 86.7 Å². The van der Waals surface area contributed by atoms with Crippen molar-refractivity contribution >= 4 is 11.6 Å². The number of aromatic hydroxyl groups is 1. The normalized spacial score (nSPS) is 10.5. The Balaban J connectivity index is 3.16. The van der Waals surface area contributed by atoms with E-state index in [0.29, 0.717) is 18.7 Å². The van der Waals surface area contributed by atoms with Gasteiger partial charge in [-0.15, -0.1) is 0 Å². The highest BCUT2D eigenvalue weighted by Gasteiger charge is 2.09. The van der Waals surface area contributed by atoms with Gasteiger partial charge in [-0.05, 0) is 12.5 Å². The Morgan fingerprint density at radius 1 is 1.64 bits per heavy atom. The maximum atomic E-state index is 11.5. The maximum absolute atomic E-state index is 11.5. The molecule has 0 spiro atoms. The minimum absolute atomic E-state index is 0.0889. The van der Waals surface area contributed by atoms with Crippen molar-refractivity contribution in [2.75, 3.05) is 13.7 Å². The Kier molecular flexibility index (Phi) is 3.55. The second kappa shape index (κ2) is 4.48. The third-order valence-electron chi connectivity index (χ3n) is 1.92. The lowest BCUT2D eigenvalue weighted by molar-refractivity contribution is 0.182. The van der Waals surface area contributed by atoms with Crippen LogP contribution < -0.4 is 5.56 Å². The molecule has 0 fully saturated rings. The van der Waals surface area contributed by atoms with Crippen LogP contribution in [0.4, 0.5) is 0 Å². The molecule has 0 saturated heterocycles. The number of hydrogen-bond acceptors (Lipinski definition) is 3. The molecule has 1 rings (SSSR count). The van der Waals surface area contributed by atoms with Gasteiger partial charge in [0.2, 0.25) is 0 Å². The summed E-state index contributed by atoms with van der Waals surface area (Å²) in [5.41, 5.74) is 0.184. The van der Waals surface area contributed by atoms with Crippen LogP contribution in [0.25, 0.3) is 0 Å². The lowest BCUT2D eigenvalue weighted by Crippen LogP contribution is -2.23. The first-order valence-electron chi connectivity index (χ1n) is 4.15. The first-order valence-corrected chi connectivity index (χ1v) is 4.53. The van der Waals surface area contributed by atoms with Crippen LogP contribution >= 0.6 is 11.6 Å². The number of pyridine rings is 1. The van der Waals surface area contributed by atoms with E-state index in [-0.39, 0.29) is 16.5 Å². The maximum Gasteiger partial charge on any atom is 0.272 e. The molecule has 0 atom stereocenters. The van der Waals surface area contributed by atoms with Gasteiger partial charge >= 0.3 is 0 Å². The van der Waals surface area contributed by atoms with Crippen molar-refractivity contribution < 1.29 is 9.84 Å². The SMILES string of the molecule is COCCn1c(O)cc(C)c(Cl)c1=O. The first-order chi connectivity index (χ1) is 6.57. The zero-order valence-electron chi connectivity index (χ0n) is 8.08. The van der Waals surface area contributed by atoms with E-state index in [9.17, 15) is 9.90 Å². The summed E-state index contributed by atoms with van der Waals surface area (Å²) >= 11 is 5.75. The highest BCUT2D eigenvalue weighted by Crippen LogP contribution is 2.15. The number of ether oxygens (including phenoxy) is 1. The largest absolute Gasteiger partial charge is 0.494 e. The molecule has 0 unspecified atom stereocenters. The van der Waals surface area contributed by atoms with Crippen molar-refractivity contribution in [3.05, 3.63) is 27.0 Å². The van der Waals surface area contributed by atoms with E-state index in [1.165, 1.54) is 17.7 Å². The van der Waals surface area contributed by atoms with E-state index >= 15 is 0 Å². The zero-order chi connectivity index (χ0) is 10.7. The van der Waals surface area contributed by atoms with Crippen molar-refractivity contribution in [2.45, 2.75) is 13.5 Å². The van der Waals surface area contributed by atoms with Gasteiger partial charge in [-0.1, -0.05) is 11.6 Å². The van der Waals surface area contributed by atoms with Gasteiger partial charge in [-0.3, -0.25) is 9.36 Å². The van der Waals surface area contributed by atoms with E-state index in [1.54, 1.807) is 6.92 Å². The van der Waals surface area contributed by atoms with E-state index in [2.05, 4.69) is 0 Å². The Morgan fingerprint density at radius 3 is 2.86 bits per heavy atom. The average molecular weight is 218 g/mol. The van der Waals surface area contributed by atoms with Crippen molar-refractivity contribution in [2.24, 2.45) is 0 Å². The van der Waals surface area contributed by atoms with E-state index < -0.39 is 0 Å². The molecule has 4 nitrogen and oxygen atoms in total. The fraction of sp³-hybridized carbons (Fsp3) is 0.444. The minimum Gasteiger partial charge on any atom is -0.494 e. The first kappa shape index (κ1) is 11.1. The van der Waals surface area contributed by atoms with Crippen LogP contribution in [0.1, 0.15) is 5.56 Å². The summed E-state index contributed by atoms with van der Waals surface area (Å²) in [6.45, 7) is 2.32. The third kappa shape index (κ3) is 2.08. The van der Waals surface area contributed by atoms with E-state index in [1.807, 2.05) is 0 Å². The standard InChI is InChI=1S/C9H12ClNO3/c1-6-5-7(12)11(3-4-14-2)9(13)8(6)10/h5,12H,3-4H2,1-2H3. The second-order valence-corrected chi connectivity index (χ2v) is 3.33. The molecule has 0 aliphatic carbocycles. The van der Waals surface area contributed by atoms with Gasteiger partial charge in [0.05, 0.1) is 13.2 Å². The van der Waals surface area contributed by atoms with Gasteiger partial charge in [0.15, 0.2) is 5.88 Å². The second-order valence-electron chi connectivity index (χ2n) is 2.95. The summed E-state index contributed by atoms with van der Waals surface area (Å²) in [4.78, 5) is 11.5. The molecule has 1 aromatic rings. The Bertz CT molecular complexity index is 386. The summed E-state index contributed by atoms with van der Waals surface area (Å²) in [5, 5.41) is 9.61. The molecule has 0 amide bonds. The van der Waals surface area contributed by atoms with Gasteiger partial charge in [0.25, 0.3) is 5.56 Å². The van der Waals surface area contributed by atoms with Gasteiger partial charge < -0.3 is 9.84 Å². The van der Waals surface area contributed by atoms with Crippen LogP contribution in [0.3, 0.4) is 0 Å². The summed E-state index contributed by atoms with van der Waals surface area (Å²) in [6.07, 6.45) is 0. The molecular formula is C9H12ClNO3. The molecule has 1 N–H and O–H groups in total. The number of rotatable bonds is 3. The monoisotopic (exact) mass is 217 g/mol. The summed E-state index contributed by atoms with van der Waals surface area (Å²) in [7, 11) is 1.53. The van der Waals surface area contributed by atoms with Gasteiger partial charge in [0, 0.05) is 13.2 Å². The fourth-order valence-electron chi connectivity index (χ4n) is 1.12. The number of nitrogens with zero attached hydrogens (tertiary/aromatic N) is 1. The molecule has 0 bridgehead atoms. The Morgan fingerprint density at radius 2 is 2.29 bits per heavy atom. The van der Waals surface area contributed by atoms with Crippen LogP contribution in [-0.2, 0) is 11.3 Å². The van der Waals surface area contributed by atoms with Crippen LogP contribution in [0.5, 0.6) is 5.88 Å². The number of aromatic nitrogens is 1. The van der Waals surface area contributed by atoms with E-state index in [0.717, 1.165) is 0 Å². The van der Waals surface area contributed by atoms with Crippen LogP contribution in [0.15, 0.2) is 10.9 Å². The molecule has 1 aromatic heterocycles. The number of methoxy groups -OCH3 is 1. The fourth-order valence-corrected chi connectivity index (χ4v) is 1.28. The Hall–Kier alpha value is -1.00. The minimum atomic E-state index is -0.388. The smallest absolute Gasteiger partial charge is 0.272 e. The molecule has 0 aliphatic heterocycles. The molecule has 0 aromatic carbocycles. The third-order valence-corrected chi connectivity index (χ3v) is 2.38. The quantitative estimate of drug-likeness (QED) is 0.827. The average Bonchev–Trinajstić information content (AvgIpc) is 2.14. The van der Waals surface area contributed by atoms with Crippen LogP contribution in [-0.4, -0.2) is 23.4 Å². The molecule has 1 heterocycles. The summed E-state index contributed by atoms with van der Waals surface area (Å²) in [6, 6.07) is 1.46. The molecule has 0 radical (unpaired) electrons. The molecule has 0 saturated carbocycles. The highest BCUT2D eigenvalue weighted by molar-refractivity contribution is 6.31. The topological polar surface area (TPSA) is 51.5 Å². The number of halogens is 1. The number of aryl methyl sites for hydroxylation is 1. The van der Waals surface area contributed by atoms with Crippen LogP contribution in [0, 0.1) is 6.92 Å². The highest BCUT2D eigenvalue weighted by atomic mass is 35.5. The van der Waals surface area contributed by atoms with Gasteiger partial charge in [-0.2, -0.15) is 0 Å². The van der Waals surface area contributed by atoms with Crippen molar-refractivity contribution in [3.63, 3.8) is 0 Å². The molecule has 0 aliphatic rings. The van der Waals surface area contributed by atoms with Crippen molar-refractivity contribution in [3.8, 4) is 5.88 Å². The van der Waals surface area contributed by atoms with Gasteiger partial charge in [-0.25, -0.2) is 0 Å². The van der Waals surface area contributed by atoms with Crippen molar-refractivity contribution in [1.82, 2.24) is 4.57 Å². The summed E-state index contributed by atoms with van der Waals surface area (Å²) in [5.74, 6) is -0.0889. The molecular weight excluding hydrogens is 206 g/mol. The lowest BCUT2D eigenvalue weighted by Gasteiger charge is -2.09. The van der Waals surface area contributed by atoms with Crippen molar-refractivity contribution in [1.29, 1.82) is 0 Å². The number of hydrogen-bond donors (Lipinski definition) is 1. The van der Waals surface area contributed by atoms with Crippen LogP contribution in [0.2, 0.25) is 5.02 Å².